The van der Waals surface area contributed by atoms with Crippen molar-refractivity contribution in [3.8, 4) is 0 Å². The minimum Gasteiger partial charge on any atom is -0.412 e. The van der Waals surface area contributed by atoms with Crippen LogP contribution in [0.3, 0.4) is 0 Å². The molecule has 0 aliphatic carbocycles. The van der Waals surface area contributed by atoms with Crippen molar-refractivity contribution in [1.82, 2.24) is 0 Å². The maximum atomic E-state index is 6.86. The second kappa shape index (κ2) is 21.7. The van der Waals surface area contributed by atoms with Crippen molar-refractivity contribution in [2.24, 2.45) is 11.7 Å². The Hall–Kier alpha value is -0.860. The summed E-state index contributed by atoms with van der Waals surface area (Å²) in [6.07, 6.45) is 27.5. The predicted octanol–water partition coefficient (Wildman–Crippen LogP) is 9.19. The Labute approximate surface area is 207 Å². The Kier molecular flexibility index (Phi) is 21.1. The fourth-order valence-corrected chi connectivity index (χ4v) is 5.26. The highest BCUT2D eigenvalue weighted by Crippen LogP contribution is 2.30. The van der Waals surface area contributed by atoms with Gasteiger partial charge < -0.3 is 11.2 Å². The number of unbranched alkanes of at least 4 members (excludes halogenated alkanes) is 15. The summed E-state index contributed by atoms with van der Waals surface area (Å²) in [5.41, 5.74) is 8.30. The monoisotopic (exact) mass is 461 g/mol. The van der Waals surface area contributed by atoms with Crippen LogP contribution < -0.4 is 5.73 Å². The number of nitrogens with two attached hydrogens (primary N) is 1. The Balaban J connectivity index is 0.0000102. The van der Waals surface area contributed by atoms with E-state index in [1.165, 1.54) is 115 Å². The molecular weight excluding hydrogens is 402 g/mol. The molecular formula is C31H59NO. The molecule has 1 aromatic carbocycles. The van der Waals surface area contributed by atoms with E-state index in [1.54, 1.807) is 0 Å². The standard InChI is InChI=1S/C31H57N.H2O/c1-4-7-8-9-10-11-12-13-14-15-16-17-18-19-20-24-27-30(31(32,5-2)6-3)28-29-25-22-21-23-26-29;/h21-23,25-26,30H,4-20,24,27-28,32H2,1-3H3;1H2. The molecule has 0 spiro atoms. The van der Waals surface area contributed by atoms with Crippen molar-refractivity contribution in [1.29, 1.82) is 0 Å². The van der Waals surface area contributed by atoms with E-state index in [1.807, 2.05) is 0 Å². The van der Waals surface area contributed by atoms with Crippen LogP contribution in [0, 0.1) is 5.92 Å². The highest BCUT2D eigenvalue weighted by atomic mass is 16.0. The molecule has 1 rings (SSSR count). The fraction of sp³-hybridized carbons (Fsp3) is 0.806. The first-order valence-corrected chi connectivity index (χ1v) is 14.5. The van der Waals surface area contributed by atoms with E-state index in [4.69, 9.17) is 5.73 Å². The van der Waals surface area contributed by atoms with Crippen LogP contribution in [0.2, 0.25) is 0 Å². The largest absolute Gasteiger partial charge is 0.412 e. The summed E-state index contributed by atoms with van der Waals surface area (Å²) in [6, 6.07) is 11.0. The van der Waals surface area contributed by atoms with Gasteiger partial charge in [-0.1, -0.05) is 154 Å². The second-order valence-electron chi connectivity index (χ2n) is 10.4. The lowest BCUT2D eigenvalue weighted by molar-refractivity contribution is 0.229. The lowest BCUT2D eigenvalue weighted by Crippen LogP contribution is -2.47. The van der Waals surface area contributed by atoms with Crippen molar-refractivity contribution in [3.63, 3.8) is 0 Å². The quantitative estimate of drug-likeness (QED) is 0.172. The fourth-order valence-electron chi connectivity index (χ4n) is 5.26. The molecule has 2 heteroatoms. The van der Waals surface area contributed by atoms with Gasteiger partial charge in [0, 0.05) is 5.54 Å². The third-order valence-corrected chi connectivity index (χ3v) is 7.86. The first-order valence-electron chi connectivity index (χ1n) is 14.5. The topological polar surface area (TPSA) is 57.5 Å². The first-order chi connectivity index (χ1) is 15.7. The normalized spacial score (nSPS) is 12.5. The van der Waals surface area contributed by atoms with Gasteiger partial charge in [0.05, 0.1) is 0 Å². The van der Waals surface area contributed by atoms with Crippen LogP contribution in [0.15, 0.2) is 30.3 Å². The zero-order valence-corrected chi connectivity index (χ0v) is 22.7. The van der Waals surface area contributed by atoms with Crippen LogP contribution in [-0.4, -0.2) is 11.0 Å². The Morgan fingerprint density at radius 1 is 0.606 bits per heavy atom. The van der Waals surface area contributed by atoms with Gasteiger partial charge in [0.2, 0.25) is 0 Å². The maximum Gasteiger partial charge on any atom is 0.0180 e. The molecule has 2 nitrogen and oxygen atoms in total. The molecule has 0 fully saturated rings. The predicted molar refractivity (Wildman–Crippen MR) is 149 cm³/mol. The zero-order chi connectivity index (χ0) is 23.3. The van der Waals surface area contributed by atoms with Gasteiger partial charge in [-0.2, -0.15) is 0 Å². The molecule has 0 aliphatic rings. The summed E-state index contributed by atoms with van der Waals surface area (Å²) in [7, 11) is 0. The average Bonchev–Trinajstić information content (AvgIpc) is 2.83. The highest BCUT2D eigenvalue weighted by molar-refractivity contribution is 5.16. The second-order valence-corrected chi connectivity index (χ2v) is 10.4. The molecule has 1 atom stereocenters. The summed E-state index contributed by atoms with van der Waals surface area (Å²) in [5, 5.41) is 0. The average molecular weight is 462 g/mol. The SMILES string of the molecule is CCCCCCCCCCCCCCCCCCC(Cc1ccccc1)C(N)(CC)CC.O. The Morgan fingerprint density at radius 2 is 1.00 bits per heavy atom. The van der Waals surface area contributed by atoms with Crippen molar-refractivity contribution in [2.75, 3.05) is 0 Å². The van der Waals surface area contributed by atoms with Crippen LogP contribution in [0.4, 0.5) is 0 Å². The maximum absolute atomic E-state index is 6.86. The molecule has 0 bridgehead atoms. The molecule has 0 saturated heterocycles. The smallest absolute Gasteiger partial charge is 0.0180 e. The van der Waals surface area contributed by atoms with Gasteiger partial charge in [-0.15, -0.1) is 0 Å². The summed E-state index contributed by atoms with van der Waals surface area (Å²) in [5.74, 6) is 0.603. The molecule has 0 aromatic heterocycles. The molecule has 0 saturated carbocycles. The van der Waals surface area contributed by atoms with E-state index in [0.29, 0.717) is 5.92 Å². The van der Waals surface area contributed by atoms with Gasteiger partial charge in [-0.3, -0.25) is 0 Å². The lowest BCUT2D eigenvalue weighted by atomic mass is 9.74. The van der Waals surface area contributed by atoms with E-state index < -0.39 is 0 Å². The first kappa shape index (κ1) is 32.1. The summed E-state index contributed by atoms with van der Waals surface area (Å²) in [4.78, 5) is 0. The van der Waals surface area contributed by atoms with E-state index in [9.17, 15) is 0 Å². The minimum atomic E-state index is -0.00858. The molecule has 33 heavy (non-hydrogen) atoms. The van der Waals surface area contributed by atoms with Crippen LogP contribution in [-0.2, 0) is 6.42 Å². The van der Waals surface area contributed by atoms with Crippen molar-refractivity contribution < 1.29 is 5.48 Å². The number of benzene rings is 1. The molecule has 0 amide bonds. The summed E-state index contributed by atoms with van der Waals surface area (Å²) >= 11 is 0. The molecule has 194 valence electrons. The summed E-state index contributed by atoms with van der Waals surface area (Å²) < 4.78 is 0. The van der Waals surface area contributed by atoms with Crippen molar-refractivity contribution >= 4 is 0 Å². The summed E-state index contributed by atoms with van der Waals surface area (Å²) in [6.45, 7) is 6.84. The molecule has 0 heterocycles. The number of rotatable bonds is 22. The minimum absolute atomic E-state index is 0. The van der Waals surface area contributed by atoms with E-state index >= 15 is 0 Å². The van der Waals surface area contributed by atoms with Crippen LogP contribution >= 0.6 is 0 Å². The van der Waals surface area contributed by atoms with Gasteiger partial charge >= 0.3 is 0 Å². The molecule has 0 radical (unpaired) electrons. The van der Waals surface area contributed by atoms with Crippen molar-refractivity contribution in [3.05, 3.63) is 35.9 Å². The Morgan fingerprint density at radius 3 is 1.39 bits per heavy atom. The van der Waals surface area contributed by atoms with Crippen LogP contribution in [0.1, 0.15) is 148 Å². The highest BCUT2D eigenvalue weighted by Gasteiger charge is 2.31. The molecule has 4 N–H and O–H groups in total. The number of hydrogen-bond donors (Lipinski definition) is 1. The van der Waals surface area contributed by atoms with Gasteiger partial charge in [-0.05, 0) is 37.2 Å². The van der Waals surface area contributed by atoms with Gasteiger partial charge in [0.15, 0.2) is 0 Å². The third kappa shape index (κ3) is 15.6. The van der Waals surface area contributed by atoms with Gasteiger partial charge in [0.1, 0.15) is 0 Å². The number of hydrogen-bond acceptors (Lipinski definition) is 1. The third-order valence-electron chi connectivity index (χ3n) is 7.86. The van der Waals surface area contributed by atoms with E-state index in [-0.39, 0.29) is 11.0 Å². The molecule has 0 aliphatic heterocycles. The molecule has 1 aromatic rings. The van der Waals surface area contributed by atoms with Gasteiger partial charge in [-0.25, -0.2) is 0 Å². The van der Waals surface area contributed by atoms with E-state index in [0.717, 1.165) is 19.3 Å². The lowest BCUT2D eigenvalue weighted by Gasteiger charge is -2.36. The van der Waals surface area contributed by atoms with E-state index in [2.05, 4.69) is 51.1 Å². The van der Waals surface area contributed by atoms with Gasteiger partial charge in [0.25, 0.3) is 0 Å². The Bertz CT molecular complexity index is 511. The van der Waals surface area contributed by atoms with Crippen LogP contribution in [0.25, 0.3) is 0 Å². The molecule has 1 unspecified atom stereocenters. The van der Waals surface area contributed by atoms with Crippen molar-refractivity contribution in [2.45, 2.75) is 155 Å². The zero-order valence-electron chi connectivity index (χ0n) is 22.7. The van der Waals surface area contributed by atoms with Crippen LogP contribution in [0.5, 0.6) is 0 Å².